The van der Waals surface area contributed by atoms with Crippen molar-refractivity contribution in [2.75, 3.05) is 5.32 Å². The van der Waals surface area contributed by atoms with E-state index in [1.807, 2.05) is 43.5 Å². The molecule has 6 nitrogen and oxygen atoms in total. The molecule has 26 heavy (non-hydrogen) atoms. The molecule has 1 amide bonds. The monoisotopic (exact) mass is 390 g/mol. The highest BCUT2D eigenvalue weighted by atomic mass is 35.5. The summed E-state index contributed by atoms with van der Waals surface area (Å²) in [6.07, 6.45) is 1.63. The zero-order valence-corrected chi connectivity index (χ0v) is 16.3. The highest BCUT2D eigenvalue weighted by Crippen LogP contribution is 2.29. The molecule has 0 fully saturated rings. The molecule has 0 bridgehead atoms. The molecule has 136 valence electrons. The third-order valence-electron chi connectivity index (χ3n) is 3.92. The van der Waals surface area contributed by atoms with Gasteiger partial charge in [-0.2, -0.15) is 0 Å². The van der Waals surface area contributed by atoms with Gasteiger partial charge in [0.1, 0.15) is 5.76 Å². The summed E-state index contributed by atoms with van der Waals surface area (Å²) >= 11 is 7.45. The minimum Gasteiger partial charge on any atom is -0.469 e. The number of furan rings is 1. The second kappa shape index (κ2) is 7.97. The maximum atomic E-state index is 12.5. The number of thioether (sulfide) groups is 1. The molecule has 0 unspecified atom stereocenters. The van der Waals surface area contributed by atoms with Crippen LogP contribution in [0.5, 0.6) is 0 Å². The molecule has 0 aliphatic carbocycles. The first-order valence-electron chi connectivity index (χ1n) is 8.21. The summed E-state index contributed by atoms with van der Waals surface area (Å²) < 4.78 is 7.33. The van der Waals surface area contributed by atoms with Gasteiger partial charge in [-0.15, -0.1) is 10.2 Å². The van der Waals surface area contributed by atoms with Gasteiger partial charge >= 0.3 is 0 Å². The first-order chi connectivity index (χ1) is 12.5. The number of carbonyl (C=O) groups excluding carboxylic acids is 1. The van der Waals surface area contributed by atoms with Crippen LogP contribution in [0, 0.1) is 6.92 Å². The molecule has 3 rings (SSSR count). The van der Waals surface area contributed by atoms with Crippen LogP contribution in [-0.4, -0.2) is 25.9 Å². The summed E-state index contributed by atoms with van der Waals surface area (Å²) in [7, 11) is 0. The molecular weight excluding hydrogens is 372 g/mol. The molecule has 0 aliphatic heterocycles. The van der Waals surface area contributed by atoms with E-state index in [1.165, 1.54) is 11.8 Å². The molecule has 1 aromatic carbocycles. The van der Waals surface area contributed by atoms with E-state index in [0.29, 0.717) is 22.4 Å². The maximum absolute atomic E-state index is 12.5. The van der Waals surface area contributed by atoms with E-state index >= 15 is 0 Å². The molecular formula is C18H19ClN4O2S. The molecule has 8 heteroatoms. The molecule has 1 atom stereocenters. The number of amides is 1. The van der Waals surface area contributed by atoms with Crippen LogP contribution in [0.4, 0.5) is 5.69 Å². The van der Waals surface area contributed by atoms with Crippen molar-refractivity contribution in [3.8, 4) is 11.4 Å². The Balaban J connectivity index is 1.76. The van der Waals surface area contributed by atoms with Crippen LogP contribution in [0.25, 0.3) is 11.4 Å². The van der Waals surface area contributed by atoms with Crippen molar-refractivity contribution < 1.29 is 9.21 Å². The first kappa shape index (κ1) is 18.5. The van der Waals surface area contributed by atoms with Crippen molar-refractivity contribution in [2.24, 2.45) is 0 Å². The highest BCUT2D eigenvalue weighted by molar-refractivity contribution is 8.00. The SMILES string of the molecule is CCn1c(S[C@H](C)C(=O)Nc2ccccc2Cl)nnc1-c1ccoc1C. The summed E-state index contributed by atoms with van der Waals surface area (Å²) in [4.78, 5) is 12.5. The minimum atomic E-state index is -0.362. The fraction of sp³-hybridized carbons (Fsp3) is 0.278. The smallest absolute Gasteiger partial charge is 0.237 e. The summed E-state index contributed by atoms with van der Waals surface area (Å²) in [5, 5.41) is 12.2. The number of aryl methyl sites for hydroxylation is 1. The largest absolute Gasteiger partial charge is 0.469 e. The van der Waals surface area contributed by atoms with Crippen LogP contribution in [-0.2, 0) is 11.3 Å². The van der Waals surface area contributed by atoms with Crippen LogP contribution in [0.3, 0.4) is 0 Å². The van der Waals surface area contributed by atoms with Gasteiger partial charge in [0.2, 0.25) is 5.91 Å². The predicted octanol–water partition coefficient (Wildman–Crippen LogP) is 4.64. The zero-order chi connectivity index (χ0) is 18.7. The number of halogens is 1. The van der Waals surface area contributed by atoms with E-state index < -0.39 is 0 Å². The number of rotatable bonds is 6. The Morgan fingerprint density at radius 2 is 2.12 bits per heavy atom. The van der Waals surface area contributed by atoms with Gasteiger partial charge in [0.15, 0.2) is 11.0 Å². The van der Waals surface area contributed by atoms with Gasteiger partial charge in [-0.05, 0) is 39.0 Å². The van der Waals surface area contributed by atoms with Gasteiger partial charge in [-0.1, -0.05) is 35.5 Å². The molecule has 1 N–H and O–H groups in total. The lowest BCUT2D eigenvalue weighted by molar-refractivity contribution is -0.115. The Morgan fingerprint density at radius 1 is 1.35 bits per heavy atom. The van der Waals surface area contributed by atoms with E-state index in [9.17, 15) is 4.79 Å². The molecule has 2 aromatic heterocycles. The lowest BCUT2D eigenvalue weighted by Gasteiger charge is -2.13. The molecule has 0 saturated carbocycles. The topological polar surface area (TPSA) is 73.0 Å². The second-order valence-electron chi connectivity index (χ2n) is 5.67. The zero-order valence-electron chi connectivity index (χ0n) is 14.7. The lowest BCUT2D eigenvalue weighted by atomic mass is 10.2. The number of hydrogen-bond donors (Lipinski definition) is 1. The number of aromatic nitrogens is 3. The standard InChI is InChI=1S/C18H19ClN4O2S/c1-4-23-16(13-9-10-25-11(13)2)21-22-18(23)26-12(3)17(24)20-15-8-6-5-7-14(15)19/h5-10,12H,4H2,1-3H3,(H,20,24)/t12-/m1/s1. The average Bonchev–Trinajstić information content (AvgIpc) is 3.22. The van der Waals surface area contributed by atoms with E-state index in [4.69, 9.17) is 16.0 Å². The van der Waals surface area contributed by atoms with Crippen molar-refractivity contribution in [1.29, 1.82) is 0 Å². The maximum Gasteiger partial charge on any atom is 0.237 e. The van der Waals surface area contributed by atoms with Crippen molar-refractivity contribution in [3.05, 3.63) is 47.4 Å². The Morgan fingerprint density at radius 3 is 2.77 bits per heavy atom. The Kier molecular flexibility index (Phi) is 5.68. The Hall–Kier alpha value is -2.25. The fourth-order valence-electron chi connectivity index (χ4n) is 2.49. The van der Waals surface area contributed by atoms with Crippen LogP contribution in [0.2, 0.25) is 5.02 Å². The molecule has 2 heterocycles. The summed E-state index contributed by atoms with van der Waals surface area (Å²) in [6.45, 7) is 6.42. The van der Waals surface area contributed by atoms with Crippen LogP contribution in [0.15, 0.2) is 46.2 Å². The third kappa shape index (κ3) is 3.78. The van der Waals surface area contributed by atoms with Gasteiger partial charge < -0.3 is 14.3 Å². The van der Waals surface area contributed by atoms with Gasteiger partial charge in [0.05, 0.1) is 27.8 Å². The van der Waals surface area contributed by atoms with Crippen molar-refractivity contribution in [1.82, 2.24) is 14.8 Å². The van der Waals surface area contributed by atoms with Crippen molar-refractivity contribution in [3.63, 3.8) is 0 Å². The van der Waals surface area contributed by atoms with Crippen LogP contribution >= 0.6 is 23.4 Å². The highest BCUT2D eigenvalue weighted by Gasteiger charge is 2.22. The quantitative estimate of drug-likeness (QED) is 0.620. The van der Waals surface area contributed by atoms with Gasteiger partial charge in [0.25, 0.3) is 0 Å². The Labute approximate surface area is 160 Å². The molecule has 0 spiro atoms. The fourth-order valence-corrected chi connectivity index (χ4v) is 3.58. The Bertz CT molecular complexity index is 922. The van der Waals surface area contributed by atoms with E-state index in [2.05, 4.69) is 15.5 Å². The normalized spacial score (nSPS) is 12.2. The van der Waals surface area contributed by atoms with E-state index in [0.717, 1.165) is 17.1 Å². The van der Waals surface area contributed by atoms with Gasteiger partial charge in [0, 0.05) is 6.54 Å². The van der Waals surface area contributed by atoms with Crippen molar-refractivity contribution >= 4 is 35.0 Å². The van der Waals surface area contributed by atoms with Gasteiger partial charge in [-0.3, -0.25) is 4.79 Å². The molecule has 0 aliphatic rings. The number of hydrogen-bond acceptors (Lipinski definition) is 5. The number of nitrogens with zero attached hydrogens (tertiary/aromatic N) is 3. The van der Waals surface area contributed by atoms with E-state index in [1.54, 1.807) is 18.4 Å². The summed E-state index contributed by atoms with van der Waals surface area (Å²) in [5.41, 5.74) is 1.50. The minimum absolute atomic E-state index is 0.144. The molecule has 0 radical (unpaired) electrons. The van der Waals surface area contributed by atoms with Gasteiger partial charge in [-0.25, -0.2) is 0 Å². The van der Waals surface area contributed by atoms with E-state index in [-0.39, 0.29) is 11.2 Å². The third-order valence-corrected chi connectivity index (χ3v) is 5.33. The molecule has 0 saturated heterocycles. The average molecular weight is 391 g/mol. The van der Waals surface area contributed by atoms with Crippen LogP contribution < -0.4 is 5.32 Å². The molecule has 3 aromatic rings. The predicted molar refractivity (Wildman–Crippen MR) is 104 cm³/mol. The number of carbonyl (C=O) groups is 1. The van der Waals surface area contributed by atoms with Crippen molar-refractivity contribution in [2.45, 2.75) is 37.7 Å². The number of benzene rings is 1. The lowest BCUT2D eigenvalue weighted by Crippen LogP contribution is -2.23. The summed E-state index contributed by atoms with van der Waals surface area (Å²) in [6, 6.07) is 9.02. The van der Waals surface area contributed by atoms with Crippen LogP contribution in [0.1, 0.15) is 19.6 Å². The first-order valence-corrected chi connectivity index (χ1v) is 9.46. The number of nitrogens with one attached hydrogen (secondary N) is 1. The number of para-hydroxylation sites is 1. The number of anilines is 1. The second-order valence-corrected chi connectivity index (χ2v) is 7.39. The summed E-state index contributed by atoms with van der Waals surface area (Å²) in [5.74, 6) is 1.38.